The van der Waals surface area contributed by atoms with Gasteiger partial charge in [0.2, 0.25) is 0 Å². The summed E-state index contributed by atoms with van der Waals surface area (Å²) in [5.74, 6) is 0. The highest BCUT2D eigenvalue weighted by Crippen LogP contribution is 2.25. The van der Waals surface area contributed by atoms with Gasteiger partial charge in [0.25, 0.3) is 0 Å². The van der Waals surface area contributed by atoms with E-state index in [1.54, 1.807) is 0 Å². The Morgan fingerprint density at radius 1 is 1.30 bits per heavy atom. The van der Waals surface area contributed by atoms with E-state index in [0.717, 1.165) is 6.54 Å². The minimum Gasteiger partial charge on any atom is -0.309 e. The Bertz CT molecular complexity index is 536. The largest absolute Gasteiger partial charge is 0.309 e. The van der Waals surface area contributed by atoms with Crippen LogP contribution in [0.15, 0.2) is 36.8 Å². The number of aromatic nitrogens is 2. The monoisotopic (exact) mass is 269 g/mol. The molecule has 0 amide bonds. The first-order valence-electron chi connectivity index (χ1n) is 7.73. The average molecular weight is 269 g/mol. The van der Waals surface area contributed by atoms with Crippen molar-refractivity contribution in [2.45, 2.75) is 45.1 Å². The molecule has 0 radical (unpaired) electrons. The third kappa shape index (κ3) is 2.78. The number of aryl methyl sites for hydroxylation is 1. The van der Waals surface area contributed by atoms with Crippen LogP contribution in [-0.4, -0.2) is 16.1 Å². The van der Waals surface area contributed by atoms with Crippen molar-refractivity contribution < 1.29 is 0 Å². The molecule has 20 heavy (non-hydrogen) atoms. The Kier molecular flexibility index (Phi) is 4.16. The van der Waals surface area contributed by atoms with Crippen molar-refractivity contribution in [3.63, 3.8) is 0 Å². The maximum absolute atomic E-state index is 4.34. The number of nitrogens with zero attached hydrogens (tertiary/aromatic N) is 2. The highest BCUT2D eigenvalue weighted by molar-refractivity contribution is 5.37. The zero-order chi connectivity index (χ0) is 13.8. The second-order valence-corrected chi connectivity index (χ2v) is 5.61. The quantitative estimate of drug-likeness (QED) is 0.898. The number of rotatable bonds is 5. The summed E-state index contributed by atoms with van der Waals surface area (Å²) in [6.07, 6.45) is 10.1. The second-order valence-electron chi connectivity index (χ2n) is 5.61. The molecule has 1 saturated heterocycles. The van der Waals surface area contributed by atoms with Gasteiger partial charge in [-0.05, 0) is 49.9 Å². The van der Waals surface area contributed by atoms with E-state index in [4.69, 9.17) is 0 Å². The van der Waals surface area contributed by atoms with Crippen LogP contribution in [0.5, 0.6) is 0 Å². The van der Waals surface area contributed by atoms with Gasteiger partial charge in [-0.2, -0.15) is 0 Å². The van der Waals surface area contributed by atoms with Crippen LogP contribution in [0.3, 0.4) is 0 Å². The lowest BCUT2D eigenvalue weighted by molar-refractivity contribution is 0.615. The van der Waals surface area contributed by atoms with Gasteiger partial charge in [0, 0.05) is 11.7 Å². The van der Waals surface area contributed by atoms with Gasteiger partial charge in [0.05, 0.1) is 18.2 Å². The number of imidazole rings is 1. The van der Waals surface area contributed by atoms with Crippen molar-refractivity contribution in [1.29, 1.82) is 0 Å². The molecule has 1 aliphatic heterocycles. The van der Waals surface area contributed by atoms with Gasteiger partial charge >= 0.3 is 0 Å². The van der Waals surface area contributed by atoms with Crippen LogP contribution >= 0.6 is 0 Å². The molecule has 1 N–H and O–H groups in total. The summed E-state index contributed by atoms with van der Waals surface area (Å²) in [5, 5.41) is 3.55. The summed E-state index contributed by atoms with van der Waals surface area (Å²) in [6, 6.07) is 9.38. The van der Waals surface area contributed by atoms with Gasteiger partial charge in [0.1, 0.15) is 0 Å². The minimum atomic E-state index is 0.456. The Morgan fingerprint density at radius 2 is 2.15 bits per heavy atom. The molecular weight excluding hydrogens is 246 g/mol. The van der Waals surface area contributed by atoms with E-state index in [-0.39, 0.29) is 0 Å². The van der Waals surface area contributed by atoms with Crippen LogP contribution in [0.1, 0.15) is 49.9 Å². The van der Waals surface area contributed by atoms with Crippen LogP contribution in [0.2, 0.25) is 0 Å². The van der Waals surface area contributed by atoms with Crippen LogP contribution in [0.4, 0.5) is 0 Å². The molecule has 3 nitrogen and oxygen atoms in total. The van der Waals surface area contributed by atoms with E-state index in [1.165, 1.54) is 49.0 Å². The van der Waals surface area contributed by atoms with Crippen LogP contribution in [-0.2, 0) is 6.42 Å². The van der Waals surface area contributed by atoms with E-state index in [0.29, 0.717) is 6.04 Å². The third-order valence-electron chi connectivity index (χ3n) is 4.12. The van der Waals surface area contributed by atoms with Crippen molar-refractivity contribution in [2.75, 3.05) is 6.54 Å². The van der Waals surface area contributed by atoms with Crippen molar-refractivity contribution in [3.8, 4) is 5.69 Å². The van der Waals surface area contributed by atoms with Gasteiger partial charge in [-0.1, -0.05) is 25.5 Å². The molecule has 1 atom stereocenters. The molecule has 2 aromatic rings. The SMILES string of the molecule is CCCCc1ccc(-n2cncc2[C@@H]2CCCN2)cc1. The first-order chi connectivity index (χ1) is 9.88. The van der Waals surface area contributed by atoms with Gasteiger partial charge in [-0.3, -0.25) is 0 Å². The van der Waals surface area contributed by atoms with Crippen molar-refractivity contribution >= 4 is 0 Å². The maximum Gasteiger partial charge on any atom is 0.0994 e. The zero-order valence-electron chi connectivity index (χ0n) is 12.2. The summed E-state index contributed by atoms with van der Waals surface area (Å²) >= 11 is 0. The molecule has 0 saturated carbocycles. The summed E-state index contributed by atoms with van der Waals surface area (Å²) in [4.78, 5) is 4.34. The van der Waals surface area contributed by atoms with Crippen molar-refractivity contribution in [2.24, 2.45) is 0 Å². The average Bonchev–Trinajstić information content (AvgIpc) is 3.15. The lowest BCUT2D eigenvalue weighted by Crippen LogP contribution is -2.16. The summed E-state index contributed by atoms with van der Waals surface area (Å²) in [6.45, 7) is 3.35. The van der Waals surface area contributed by atoms with Crippen LogP contribution in [0.25, 0.3) is 5.69 Å². The predicted octanol–water partition coefficient (Wildman–Crippen LogP) is 3.64. The smallest absolute Gasteiger partial charge is 0.0994 e. The van der Waals surface area contributed by atoms with E-state index in [1.807, 2.05) is 12.5 Å². The Balaban J connectivity index is 1.80. The Hall–Kier alpha value is -1.61. The van der Waals surface area contributed by atoms with Gasteiger partial charge in [-0.15, -0.1) is 0 Å². The molecule has 2 heterocycles. The molecular formula is C17H23N3. The van der Waals surface area contributed by atoms with Crippen LogP contribution < -0.4 is 5.32 Å². The fraction of sp³-hybridized carbons (Fsp3) is 0.471. The lowest BCUT2D eigenvalue weighted by Gasteiger charge is -2.14. The summed E-state index contributed by atoms with van der Waals surface area (Å²) < 4.78 is 2.21. The first-order valence-corrected chi connectivity index (χ1v) is 7.73. The van der Waals surface area contributed by atoms with E-state index >= 15 is 0 Å². The number of benzene rings is 1. The molecule has 0 aliphatic carbocycles. The zero-order valence-corrected chi connectivity index (χ0v) is 12.2. The number of hydrogen-bond donors (Lipinski definition) is 1. The van der Waals surface area contributed by atoms with E-state index in [2.05, 4.69) is 46.1 Å². The molecule has 3 rings (SSSR count). The molecule has 0 spiro atoms. The fourth-order valence-corrected chi connectivity index (χ4v) is 2.92. The molecule has 1 aromatic heterocycles. The Morgan fingerprint density at radius 3 is 2.85 bits per heavy atom. The number of nitrogens with one attached hydrogen (secondary N) is 1. The van der Waals surface area contributed by atoms with E-state index < -0.39 is 0 Å². The molecule has 1 aromatic carbocycles. The van der Waals surface area contributed by atoms with Gasteiger partial charge in [0.15, 0.2) is 0 Å². The van der Waals surface area contributed by atoms with Crippen LogP contribution in [0, 0.1) is 0 Å². The second kappa shape index (κ2) is 6.23. The van der Waals surface area contributed by atoms with E-state index in [9.17, 15) is 0 Å². The third-order valence-corrected chi connectivity index (χ3v) is 4.12. The first kappa shape index (κ1) is 13.4. The minimum absolute atomic E-state index is 0.456. The normalized spacial score (nSPS) is 18.6. The standard InChI is InChI=1S/C17H23N3/c1-2-3-5-14-7-9-15(10-8-14)20-13-18-12-17(20)16-6-4-11-19-16/h7-10,12-13,16,19H,2-6,11H2,1H3/t16-/m0/s1. The molecule has 106 valence electrons. The predicted molar refractivity (Wildman–Crippen MR) is 82.2 cm³/mol. The molecule has 1 fully saturated rings. The lowest BCUT2D eigenvalue weighted by atomic mass is 10.1. The molecule has 1 aliphatic rings. The fourth-order valence-electron chi connectivity index (χ4n) is 2.92. The molecule has 0 unspecified atom stereocenters. The summed E-state index contributed by atoms with van der Waals surface area (Å²) in [5.41, 5.74) is 3.92. The Labute approximate surface area is 121 Å². The topological polar surface area (TPSA) is 29.9 Å². The van der Waals surface area contributed by atoms with Crippen molar-refractivity contribution in [3.05, 3.63) is 48.0 Å². The number of unbranched alkanes of at least 4 members (excludes halogenated alkanes) is 1. The highest BCUT2D eigenvalue weighted by atomic mass is 15.1. The molecule has 3 heteroatoms. The van der Waals surface area contributed by atoms with Gasteiger partial charge in [-0.25, -0.2) is 4.98 Å². The molecule has 0 bridgehead atoms. The van der Waals surface area contributed by atoms with Crippen molar-refractivity contribution in [1.82, 2.24) is 14.9 Å². The maximum atomic E-state index is 4.34. The number of hydrogen-bond acceptors (Lipinski definition) is 2. The summed E-state index contributed by atoms with van der Waals surface area (Å²) in [7, 11) is 0. The van der Waals surface area contributed by atoms with Gasteiger partial charge < -0.3 is 9.88 Å². The highest BCUT2D eigenvalue weighted by Gasteiger charge is 2.20.